The Morgan fingerprint density at radius 2 is 2.08 bits per heavy atom. The Labute approximate surface area is 81.2 Å². The van der Waals surface area contributed by atoms with E-state index >= 15 is 0 Å². The minimum absolute atomic E-state index is 0.640. The SMILES string of the molecule is CC[C@@H](CC(C)C)c1ccccn1. The number of hydrogen-bond acceptors (Lipinski definition) is 1. The van der Waals surface area contributed by atoms with E-state index in [1.165, 1.54) is 18.5 Å². The van der Waals surface area contributed by atoms with Crippen LogP contribution in [0.25, 0.3) is 0 Å². The minimum Gasteiger partial charge on any atom is -0.261 e. The van der Waals surface area contributed by atoms with Gasteiger partial charge < -0.3 is 0 Å². The van der Waals surface area contributed by atoms with Gasteiger partial charge >= 0.3 is 0 Å². The molecule has 1 heterocycles. The molecule has 1 heteroatoms. The molecule has 1 atom stereocenters. The number of hydrogen-bond donors (Lipinski definition) is 0. The van der Waals surface area contributed by atoms with Crippen molar-refractivity contribution in [3.63, 3.8) is 0 Å². The standard InChI is InChI=1S/C12H19N/c1-4-11(9-10(2)3)12-7-5-6-8-13-12/h5-8,10-11H,4,9H2,1-3H3/t11-/m0/s1. The van der Waals surface area contributed by atoms with Crippen LogP contribution in [0.5, 0.6) is 0 Å². The summed E-state index contributed by atoms with van der Waals surface area (Å²) in [5.41, 5.74) is 1.25. The van der Waals surface area contributed by atoms with Gasteiger partial charge in [-0.05, 0) is 30.9 Å². The van der Waals surface area contributed by atoms with Crippen molar-refractivity contribution in [2.24, 2.45) is 5.92 Å². The molecule has 0 aliphatic carbocycles. The van der Waals surface area contributed by atoms with Crippen LogP contribution in [-0.2, 0) is 0 Å². The van der Waals surface area contributed by atoms with Gasteiger partial charge in [-0.3, -0.25) is 4.98 Å². The fraction of sp³-hybridized carbons (Fsp3) is 0.583. The van der Waals surface area contributed by atoms with Crippen LogP contribution in [0.3, 0.4) is 0 Å². The summed E-state index contributed by atoms with van der Waals surface area (Å²) in [5, 5.41) is 0. The third-order valence-electron chi connectivity index (χ3n) is 2.35. The predicted octanol–water partition coefficient (Wildman–Crippen LogP) is 3.62. The van der Waals surface area contributed by atoms with E-state index in [4.69, 9.17) is 0 Å². The van der Waals surface area contributed by atoms with Crippen molar-refractivity contribution in [1.29, 1.82) is 0 Å². The first-order valence-corrected chi connectivity index (χ1v) is 5.15. The van der Waals surface area contributed by atoms with Gasteiger partial charge in [-0.25, -0.2) is 0 Å². The van der Waals surface area contributed by atoms with E-state index in [1.54, 1.807) is 0 Å². The Balaban J connectivity index is 2.67. The van der Waals surface area contributed by atoms with Gasteiger partial charge in [-0.1, -0.05) is 26.8 Å². The van der Waals surface area contributed by atoms with Crippen molar-refractivity contribution in [2.75, 3.05) is 0 Å². The van der Waals surface area contributed by atoms with E-state index in [9.17, 15) is 0 Å². The first kappa shape index (κ1) is 10.2. The van der Waals surface area contributed by atoms with Crippen LogP contribution in [0.15, 0.2) is 24.4 Å². The zero-order valence-electron chi connectivity index (χ0n) is 8.83. The molecule has 0 saturated carbocycles. The molecular formula is C12H19N. The molecule has 72 valence electrons. The Morgan fingerprint density at radius 3 is 2.54 bits per heavy atom. The lowest BCUT2D eigenvalue weighted by molar-refractivity contribution is 0.481. The van der Waals surface area contributed by atoms with Gasteiger partial charge in [0.15, 0.2) is 0 Å². The fourth-order valence-corrected chi connectivity index (χ4v) is 1.68. The highest BCUT2D eigenvalue weighted by molar-refractivity contribution is 5.09. The summed E-state index contributed by atoms with van der Waals surface area (Å²) in [6, 6.07) is 6.19. The molecule has 0 N–H and O–H groups in total. The van der Waals surface area contributed by atoms with Crippen molar-refractivity contribution in [2.45, 2.75) is 39.5 Å². The quantitative estimate of drug-likeness (QED) is 0.684. The van der Waals surface area contributed by atoms with Crippen LogP contribution in [0.2, 0.25) is 0 Å². The molecule has 1 rings (SSSR count). The van der Waals surface area contributed by atoms with Crippen LogP contribution in [0.1, 0.15) is 45.2 Å². The maximum absolute atomic E-state index is 4.40. The smallest absolute Gasteiger partial charge is 0.0434 e. The van der Waals surface area contributed by atoms with Crippen molar-refractivity contribution in [3.8, 4) is 0 Å². The maximum atomic E-state index is 4.40. The molecule has 0 aliphatic heterocycles. The first-order valence-electron chi connectivity index (χ1n) is 5.15. The molecule has 0 unspecified atom stereocenters. The normalized spacial score (nSPS) is 13.2. The van der Waals surface area contributed by atoms with Gasteiger partial charge in [-0.2, -0.15) is 0 Å². The van der Waals surface area contributed by atoms with Crippen molar-refractivity contribution in [1.82, 2.24) is 4.98 Å². The first-order chi connectivity index (χ1) is 6.24. The topological polar surface area (TPSA) is 12.9 Å². The lowest BCUT2D eigenvalue weighted by Crippen LogP contribution is -2.03. The summed E-state index contributed by atoms with van der Waals surface area (Å²) in [5.74, 6) is 1.40. The van der Waals surface area contributed by atoms with E-state index in [0.717, 1.165) is 5.92 Å². The molecule has 1 aromatic heterocycles. The Kier molecular flexibility index (Phi) is 3.94. The van der Waals surface area contributed by atoms with Crippen molar-refractivity contribution < 1.29 is 0 Å². The number of nitrogens with zero attached hydrogens (tertiary/aromatic N) is 1. The van der Waals surface area contributed by atoms with E-state index in [-0.39, 0.29) is 0 Å². The van der Waals surface area contributed by atoms with Crippen LogP contribution < -0.4 is 0 Å². The summed E-state index contributed by atoms with van der Waals surface area (Å²) in [4.78, 5) is 4.40. The second-order valence-electron chi connectivity index (χ2n) is 3.99. The van der Waals surface area contributed by atoms with Gasteiger partial charge in [0, 0.05) is 17.8 Å². The number of pyridine rings is 1. The van der Waals surface area contributed by atoms with Gasteiger partial charge in [0.25, 0.3) is 0 Å². The Hall–Kier alpha value is -0.850. The predicted molar refractivity (Wildman–Crippen MR) is 56.7 cm³/mol. The Morgan fingerprint density at radius 1 is 1.31 bits per heavy atom. The molecule has 1 nitrogen and oxygen atoms in total. The average molecular weight is 177 g/mol. The summed E-state index contributed by atoms with van der Waals surface area (Å²) in [6.07, 6.45) is 4.32. The van der Waals surface area contributed by atoms with Gasteiger partial charge in [0.1, 0.15) is 0 Å². The molecule has 0 bridgehead atoms. The lowest BCUT2D eigenvalue weighted by atomic mass is 9.92. The zero-order chi connectivity index (χ0) is 9.68. The Bertz CT molecular complexity index is 228. The highest BCUT2D eigenvalue weighted by Crippen LogP contribution is 2.24. The van der Waals surface area contributed by atoms with Gasteiger partial charge in [-0.15, -0.1) is 0 Å². The van der Waals surface area contributed by atoms with E-state index < -0.39 is 0 Å². The average Bonchev–Trinajstić information content (AvgIpc) is 2.15. The second-order valence-corrected chi connectivity index (χ2v) is 3.99. The maximum Gasteiger partial charge on any atom is 0.0434 e. The van der Waals surface area contributed by atoms with Crippen LogP contribution in [0, 0.1) is 5.92 Å². The molecule has 0 amide bonds. The minimum atomic E-state index is 0.640. The van der Waals surface area contributed by atoms with E-state index in [2.05, 4.69) is 37.9 Å². The summed E-state index contributed by atoms with van der Waals surface area (Å²) < 4.78 is 0. The third-order valence-corrected chi connectivity index (χ3v) is 2.35. The number of rotatable bonds is 4. The molecule has 0 aliphatic rings. The highest BCUT2D eigenvalue weighted by Gasteiger charge is 2.11. The monoisotopic (exact) mass is 177 g/mol. The second kappa shape index (κ2) is 5.00. The molecule has 0 radical (unpaired) electrons. The number of aromatic nitrogens is 1. The summed E-state index contributed by atoms with van der Waals surface area (Å²) in [7, 11) is 0. The van der Waals surface area contributed by atoms with Crippen molar-refractivity contribution >= 4 is 0 Å². The van der Waals surface area contributed by atoms with Gasteiger partial charge in [0.05, 0.1) is 0 Å². The van der Waals surface area contributed by atoms with E-state index in [1.807, 2.05) is 12.3 Å². The molecule has 0 saturated heterocycles. The molecule has 0 aromatic carbocycles. The van der Waals surface area contributed by atoms with Crippen LogP contribution >= 0.6 is 0 Å². The summed E-state index contributed by atoms with van der Waals surface area (Å²) >= 11 is 0. The molecule has 0 fully saturated rings. The summed E-state index contributed by atoms with van der Waals surface area (Å²) in [6.45, 7) is 6.78. The molecule has 0 spiro atoms. The molecule has 1 aromatic rings. The molecule has 13 heavy (non-hydrogen) atoms. The van der Waals surface area contributed by atoms with Gasteiger partial charge in [0.2, 0.25) is 0 Å². The lowest BCUT2D eigenvalue weighted by Gasteiger charge is -2.16. The fourth-order valence-electron chi connectivity index (χ4n) is 1.68. The highest BCUT2D eigenvalue weighted by atomic mass is 14.7. The third kappa shape index (κ3) is 3.17. The van der Waals surface area contributed by atoms with Crippen LogP contribution in [-0.4, -0.2) is 4.98 Å². The van der Waals surface area contributed by atoms with Crippen molar-refractivity contribution in [3.05, 3.63) is 30.1 Å². The van der Waals surface area contributed by atoms with E-state index in [0.29, 0.717) is 5.92 Å². The zero-order valence-corrected chi connectivity index (χ0v) is 8.83. The largest absolute Gasteiger partial charge is 0.261 e. The van der Waals surface area contributed by atoms with Crippen LogP contribution in [0.4, 0.5) is 0 Å². The molecular weight excluding hydrogens is 158 g/mol.